The highest BCUT2D eigenvalue weighted by atomic mass is 16.6. The van der Waals surface area contributed by atoms with Gasteiger partial charge in [-0.1, -0.05) is 20.8 Å². The Hall–Kier alpha value is -0.770. The Labute approximate surface area is 99.1 Å². The van der Waals surface area contributed by atoms with Gasteiger partial charge < -0.3 is 15.4 Å². The maximum absolute atomic E-state index is 11.7. The number of nitrogens with zero attached hydrogens (tertiary/aromatic N) is 1. The van der Waals surface area contributed by atoms with Gasteiger partial charge in [0.2, 0.25) is 0 Å². The molecular formula is C12H26N2O2. The fraction of sp³-hybridized carbons (Fsp3) is 0.917. The van der Waals surface area contributed by atoms with Crippen LogP contribution in [0.1, 0.15) is 41.5 Å². The summed E-state index contributed by atoms with van der Waals surface area (Å²) in [6.07, 6.45) is -0.327. The Morgan fingerprint density at radius 1 is 1.25 bits per heavy atom. The van der Waals surface area contributed by atoms with Gasteiger partial charge in [-0.15, -0.1) is 0 Å². The van der Waals surface area contributed by atoms with Crippen LogP contribution in [0.5, 0.6) is 0 Å². The monoisotopic (exact) mass is 230 g/mol. The molecule has 0 unspecified atom stereocenters. The average molecular weight is 230 g/mol. The van der Waals surface area contributed by atoms with Gasteiger partial charge in [0.25, 0.3) is 0 Å². The molecule has 0 aromatic rings. The van der Waals surface area contributed by atoms with Crippen molar-refractivity contribution in [3.63, 3.8) is 0 Å². The second-order valence-corrected chi connectivity index (χ2v) is 6.33. The SMILES string of the molecule is CN(C[C@@H](N)C(C)(C)C)C(=O)OC(C)(C)C. The van der Waals surface area contributed by atoms with Crippen molar-refractivity contribution in [2.75, 3.05) is 13.6 Å². The van der Waals surface area contributed by atoms with Crippen LogP contribution in [-0.2, 0) is 4.74 Å². The maximum Gasteiger partial charge on any atom is 0.410 e. The van der Waals surface area contributed by atoms with Gasteiger partial charge in [0, 0.05) is 19.6 Å². The molecule has 96 valence electrons. The van der Waals surface area contributed by atoms with Gasteiger partial charge in [0.15, 0.2) is 0 Å². The van der Waals surface area contributed by atoms with Crippen LogP contribution in [0.25, 0.3) is 0 Å². The van der Waals surface area contributed by atoms with Crippen LogP contribution >= 0.6 is 0 Å². The highest BCUT2D eigenvalue weighted by molar-refractivity contribution is 5.67. The molecule has 0 spiro atoms. The summed E-state index contributed by atoms with van der Waals surface area (Å²) in [5.74, 6) is 0. The fourth-order valence-corrected chi connectivity index (χ4v) is 0.983. The van der Waals surface area contributed by atoms with Crippen molar-refractivity contribution in [1.82, 2.24) is 4.90 Å². The predicted octanol–water partition coefficient (Wildman–Crippen LogP) is 2.23. The summed E-state index contributed by atoms with van der Waals surface area (Å²) in [5, 5.41) is 0. The molecule has 0 bridgehead atoms. The molecule has 2 N–H and O–H groups in total. The smallest absolute Gasteiger partial charge is 0.410 e. The number of hydrogen-bond donors (Lipinski definition) is 1. The second kappa shape index (κ2) is 5.04. The molecule has 0 radical (unpaired) electrons. The van der Waals surface area contributed by atoms with Gasteiger partial charge in [-0.2, -0.15) is 0 Å². The van der Waals surface area contributed by atoms with E-state index in [9.17, 15) is 4.79 Å². The summed E-state index contributed by atoms with van der Waals surface area (Å²) in [7, 11) is 1.71. The Morgan fingerprint density at radius 2 is 1.69 bits per heavy atom. The molecule has 0 rings (SSSR count). The average Bonchev–Trinajstić information content (AvgIpc) is 1.98. The Kier molecular flexibility index (Phi) is 4.80. The molecule has 0 heterocycles. The number of nitrogens with two attached hydrogens (primary N) is 1. The largest absolute Gasteiger partial charge is 0.444 e. The van der Waals surface area contributed by atoms with Gasteiger partial charge >= 0.3 is 6.09 Å². The lowest BCUT2D eigenvalue weighted by Gasteiger charge is -2.32. The highest BCUT2D eigenvalue weighted by Gasteiger charge is 2.26. The molecule has 0 aromatic heterocycles. The van der Waals surface area contributed by atoms with E-state index in [1.54, 1.807) is 7.05 Å². The first-order valence-corrected chi connectivity index (χ1v) is 5.63. The number of likely N-dealkylation sites (N-methyl/N-ethyl adjacent to an activating group) is 1. The van der Waals surface area contributed by atoms with Crippen molar-refractivity contribution in [3.05, 3.63) is 0 Å². The topological polar surface area (TPSA) is 55.6 Å². The number of carbonyl (C=O) groups excluding carboxylic acids is 1. The van der Waals surface area contributed by atoms with Crippen LogP contribution in [-0.4, -0.2) is 36.2 Å². The fourth-order valence-electron chi connectivity index (χ4n) is 0.983. The van der Waals surface area contributed by atoms with E-state index in [-0.39, 0.29) is 17.6 Å². The van der Waals surface area contributed by atoms with E-state index in [1.807, 2.05) is 20.8 Å². The number of amides is 1. The van der Waals surface area contributed by atoms with Crippen LogP contribution < -0.4 is 5.73 Å². The third-order valence-electron chi connectivity index (χ3n) is 2.29. The van der Waals surface area contributed by atoms with Crippen LogP contribution in [0.3, 0.4) is 0 Å². The molecule has 16 heavy (non-hydrogen) atoms. The van der Waals surface area contributed by atoms with E-state index < -0.39 is 5.60 Å². The molecule has 0 saturated heterocycles. The first-order chi connectivity index (χ1) is 6.93. The molecule has 1 amide bonds. The first kappa shape index (κ1) is 15.2. The number of carbonyl (C=O) groups is 1. The lowest BCUT2D eigenvalue weighted by Crippen LogP contribution is -2.47. The van der Waals surface area contributed by atoms with E-state index >= 15 is 0 Å². The normalized spacial score (nSPS) is 14.5. The second-order valence-electron chi connectivity index (χ2n) is 6.33. The van der Waals surface area contributed by atoms with E-state index in [1.165, 1.54) is 4.90 Å². The van der Waals surface area contributed by atoms with Crippen molar-refractivity contribution >= 4 is 6.09 Å². The molecule has 0 aromatic carbocycles. The quantitative estimate of drug-likeness (QED) is 0.791. The lowest BCUT2D eigenvalue weighted by molar-refractivity contribution is 0.0270. The number of hydrogen-bond acceptors (Lipinski definition) is 3. The zero-order chi connectivity index (χ0) is 13.1. The Bertz CT molecular complexity index is 238. The van der Waals surface area contributed by atoms with Gasteiger partial charge in [0.05, 0.1) is 0 Å². The zero-order valence-electron chi connectivity index (χ0n) is 11.6. The number of rotatable bonds is 2. The van der Waals surface area contributed by atoms with Crippen molar-refractivity contribution in [1.29, 1.82) is 0 Å². The molecule has 4 heteroatoms. The molecule has 0 aliphatic heterocycles. The van der Waals surface area contributed by atoms with Crippen molar-refractivity contribution in [3.8, 4) is 0 Å². The van der Waals surface area contributed by atoms with Crippen LogP contribution in [0.4, 0.5) is 4.79 Å². The minimum Gasteiger partial charge on any atom is -0.444 e. The van der Waals surface area contributed by atoms with E-state index in [4.69, 9.17) is 10.5 Å². The molecule has 4 nitrogen and oxygen atoms in total. The summed E-state index contributed by atoms with van der Waals surface area (Å²) in [6, 6.07) is -0.0648. The minimum absolute atomic E-state index is 0.0176. The van der Waals surface area contributed by atoms with Crippen molar-refractivity contribution < 1.29 is 9.53 Å². The summed E-state index contributed by atoms with van der Waals surface area (Å²) >= 11 is 0. The van der Waals surface area contributed by atoms with E-state index in [2.05, 4.69) is 20.8 Å². The lowest BCUT2D eigenvalue weighted by atomic mass is 9.87. The molecule has 1 atom stereocenters. The van der Waals surface area contributed by atoms with Crippen molar-refractivity contribution in [2.45, 2.75) is 53.2 Å². The van der Waals surface area contributed by atoms with E-state index in [0.29, 0.717) is 6.54 Å². The molecule has 0 saturated carbocycles. The van der Waals surface area contributed by atoms with Gasteiger partial charge in [0.1, 0.15) is 5.60 Å². The van der Waals surface area contributed by atoms with Crippen molar-refractivity contribution in [2.24, 2.45) is 11.1 Å². The maximum atomic E-state index is 11.7. The van der Waals surface area contributed by atoms with Crippen LogP contribution in [0.15, 0.2) is 0 Å². The van der Waals surface area contributed by atoms with E-state index in [0.717, 1.165) is 0 Å². The standard InChI is InChI=1S/C12H26N2O2/c1-11(2,3)9(13)8-14(7)10(15)16-12(4,5)6/h9H,8,13H2,1-7H3/t9-/m1/s1. The Morgan fingerprint density at radius 3 is 2.00 bits per heavy atom. The van der Waals surface area contributed by atoms with Crippen LogP contribution in [0, 0.1) is 5.41 Å². The zero-order valence-corrected chi connectivity index (χ0v) is 11.6. The molecular weight excluding hydrogens is 204 g/mol. The van der Waals surface area contributed by atoms with Gasteiger partial charge in [-0.05, 0) is 26.2 Å². The minimum atomic E-state index is -0.461. The predicted molar refractivity (Wildman–Crippen MR) is 66.3 cm³/mol. The third kappa shape index (κ3) is 5.95. The first-order valence-electron chi connectivity index (χ1n) is 5.63. The number of ether oxygens (including phenoxy) is 1. The summed E-state index contributed by atoms with van der Waals surface area (Å²) in [4.78, 5) is 13.2. The summed E-state index contributed by atoms with van der Waals surface area (Å²) in [6.45, 7) is 12.2. The third-order valence-corrected chi connectivity index (χ3v) is 2.29. The van der Waals surface area contributed by atoms with Gasteiger partial charge in [-0.3, -0.25) is 0 Å². The van der Waals surface area contributed by atoms with Crippen LogP contribution in [0.2, 0.25) is 0 Å². The summed E-state index contributed by atoms with van der Waals surface area (Å²) in [5.41, 5.74) is 5.53. The van der Waals surface area contributed by atoms with Gasteiger partial charge in [-0.25, -0.2) is 4.79 Å². The molecule has 0 fully saturated rings. The highest BCUT2D eigenvalue weighted by Crippen LogP contribution is 2.18. The summed E-state index contributed by atoms with van der Waals surface area (Å²) < 4.78 is 5.24. The molecule has 0 aliphatic rings. The molecule has 0 aliphatic carbocycles. The Balaban J connectivity index is 4.27.